The molecule has 1 aromatic heterocycles. The summed E-state index contributed by atoms with van der Waals surface area (Å²) in [7, 11) is 0. The van der Waals surface area contributed by atoms with Crippen LogP contribution in [0.4, 0.5) is 5.69 Å². The van der Waals surface area contributed by atoms with E-state index in [1.807, 2.05) is 30.3 Å². The summed E-state index contributed by atoms with van der Waals surface area (Å²) in [6, 6.07) is 16.2. The third-order valence-corrected chi connectivity index (χ3v) is 3.81. The van der Waals surface area contributed by atoms with E-state index in [2.05, 4.69) is 30.4 Å². The third-order valence-electron chi connectivity index (χ3n) is 3.50. The van der Waals surface area contributed by atoms with E-state index in [1.54, 1.807) is 0 Å². The standard InChI is InChI=1S/C17H16ClNO/c1-2-12-7-3-5-9-15(12)19-11-14-13-8-4-6-10-16(13)20-17(14)18/h3-10,19H,2,11H2,1H3. The van der Waals surface area contributed by atoms with E-state index in [4.69, 9.17) is 16.0 Å². The van der Waals surface area contributed by atoms with Crippen molar-refractivity contribution in [3.63, 3.8) is 0 Å². The molecule has 0 unspecified atom stereocenters. The summed E-state index contributed by atoms with van der Waals surface area (Å²) in [4.78, 5) is 0. The number of rotatable bonds is 4. The number of aryl methyl sites for hydroxylation is 1. The van der Waals surface area contributed by atoms with E-state index in [-0.39, 0.29) is 0 Å². The Bertz CT molecular complexity index is 733. The zero-order chi connectivity index (χ0) is 13.9. The highest BCUT2D eigenvalue weighted by molar-refractivity contribution is 6.30. The van der Waals surface area contributed by atoms with Crippen LogP contribution >= 0.6 is 11.6 Å². The number of benzene rings is 2. The number of halogens is 1. The van der Waals surface area contributed by atoms with Gasteiger partial charge in [-0.1, -0.05) is 43.3 Å². The Morgan fingerprint density at radius 1 is 1.05 bits per heavy atom. The van der Waals surface area contributed by atoms with Gasteiger partial charge in [0.05, 0.1) is 0 Å². The molecule has 3 rings (SSSR count). The van der Waals surface area contributed by atoms with Gasteiger partial charge in [-0.05, 0) is 35.7 Å². The Labute approximate surface area is 123 Å². The van der Waals surface area contributed by atoms with Crippen LogP contribution in [-0.2, 0) is 13.0 Å². The monoisotopic (exact) mass is 285 g/mol. The molecule has 0 spiro atoms. The Kier molecular flexibility index (Phi) is 3.66. The van der Waals surface area contributed by atoms with Crippen molar-refractivity contribution in [2.75, 3.05) is 5.32 Å². The normalized spacial score (nSPS) is 10.9. The molecule has 20 heavy (non-hydrogen) atoms. The van der Waals surface area contributed by atoms with Gasteiger partial charge in [0.25, 0.3) is 0 Å². The van der Waals surface area contributed by atoms with Crippen LogP contribution < -0.4 is 5.32 Å². The van der Waals surface area contributed by atoms with Gasteiger partial charge < -0.3 is 9.73 Å². The zero-order valence-electron chi connectivity index (χ0n) is 11.3. The summed E-state index contributed by atoms with van der Waals surface area (Å²) in [5, 5.41) is 4.99. The average Bonchev–Trinajstić information content (AvgIpc) is 2.81. The predicted molar refractivity (Wildman–Crippen MR) is 84.4 cm³/mol. The number of hydrogen-bond acceptors (Lipinski definition) is 2. The van der Waals surface area contributed by atoms with Crippen LogP contribution in [0.5, 0.6) is 0 Å². The number of anilines is 1. The zero-order valence-corrected chi connectivity index (χ0v) is 12.1. The number of fused-ring (bicyclic) bond motifs is 1. The largest absolute Gasteiger partial charge is 0.444 e. The molecule has 0 atom stereocenters. The fourth-order valence-corrected chi connectivity index (χ4v) is 2.67. The summed E-state index contributed by atoms with van der Waals surface area (Å²) in [6.45, 7) is 2.81. The number of nitrogens with one attached hydrogen (secondary N) is 1. The lowest BCUT2D eigenvalue weighted by Crippen LogP contribution is -2.01. The van der Waals surface area contributed by atoms with E-state index in [0.29, 0.717) is 11.8 Å². The first-order chi connectivity index (χ1) is 9.79. The Morgan fingerprint density at radius 3 is 2.65 bits per heavy atom. The number of para-hydroxylation sites is 2. The van der Waals surface area contributed by atoms with Gasteiger partial charge in [0.1, 0.15) is 5.58 Å². The van der Waals surface area contributed by atoms with Gasteiger partial charge in [0, 0.05) is 23.2 Å². The van der Waals surface area contributed by atoms with Crippen molar-refractivity contribution in [2.24, 2.45) is 0 Å². The molecule has 0 saturated carbocycles. The van der Waals surface area contributed by atoms with Crippen LogP contribution in [-0.4, -0.2) is 0 Å². The second-order valence-corrected chi connectivity index (χ2v) is 5.06. The van der Waals surface area contributed by atoms with Gasteiger partial charge in [0.2, 0.25) is 0 Å². The van der Waals surface area contributed by atoms with Gasteiger partial charge in [-0.25, -0.2) is 0 Å². The van der Waals surface area contributed by atoms with Crippen LogP contribution in [0.1, 0.15) is 18.1 Å². The lowest BCUT2D eigenvalue weighted by Gasteiger charge is -2.10. The first kappa shape index (κ1) is 13.1. The van der Waals surface area contributed by atoms with Crippen molar-refractivity contribution >= 4 is 28.3 Å². The van der Waals surface area contributed by atoms with E-state index in [9.17, 15) is 0 Å². The van der Waals surface area contributed by atoms with Gasteiger partial charge in [-0.15, -0.1) is 0 Å². The van der Waals surface area contributed by atoms with Crippen molar-refractivity contribution in [1.29, 1.82) is 0 Å². The first-order valence-electron chi connectivity index (χ1n) is 6.77. The minimum absolute atomic E-state index is 0.465. The topological polar surface area (TPSA) is 25.2 Å². The molecule has 3 heteroatoms. The maximum atomic E-state index is 6.20. The SMILES string of the molecule is CCc1ccccc1NCc1c(Cl)oc2ccccc12. The highest BCUT2D eigenvalue weighted by Gasteiger charge is 2.12. The van der Waals surface area contributed by atoms with Crippen molar-refractivity contribution in [3.8, 4) is 0 Å². The fourth-order valence-electron chi connectivity index (χ4n) is 2.42. The summed E-state index contributed by atoms with van der Waals surface area (Å²) >= 11 is 6.20. The molecular weight excluding hydrogens is 270 g/mol. The molecule has 0 bridgehead atoms. The summed E-state index contributed by atoms with van der Waals surface area (Å²) < 4.78 is 5.57. The van der Waals surface area contributed by atoms with E-state index >= 15 is 0 Å². The van der Waals surface area contributed by atoms with Crippen molar-refractivity contribution in [2.45, 2.75) is 19.9 Å². The predicted octanol–water partition coefficient (Wildman–Crippen LogP) is 5.26. The fraction of sp³-hybridized carbons (Fsp3) is 0.176. The van der Waals surface area contributed by atoms with Crippen LogP contribution in [0.2, 0.25) is 5.22 Å². The lowest BCUT2D eigenvalue weighted by atomic mass is 10.1. The van der Waals surface area contributed by atoms with Gasteiger partial charge >= 0.3 is 0 Å². The number of furan rings is 1. The van der Waals surface area contributed by atoms with Crippen molar-refractivity contribution in [3.05, 3.63) is 64.9 Å². The van der Waals surface area contributed by atoms with E-state index < -0.39 is 0 Å². The van der Waals surface area contributed by atoms with E-state index in [1.165, 1.54) is 5.56 Å². The molecule has 0 aliphatic rings. The second-order valence-electron chi connectivity index (χ2n) is 4.71. The van der Waals surface area contributed by atoms with Crippen LogP contribution in [0.25, 0.3) is 11.0 Å². The maximum absolute atomic E-state index is 6.20. The molecular formula is C17H16ClNO. The molecule has 0 amide bonds. The van der Waals surface area contributed by atoms with Gasteiger partial charge in [-0.2, -0.15) is 0 Å². The maximum Gasteiger partial charge on any atom is 0.199 e. The van der Waals surface area contributed by atoms with Crippen LogP contribution in [0, 0.1) is 0 Å². The molecule has 1 heterocycles. The Balaban J connectivity index is 1.89. The van der Waals surface area contributed by atoms with Gasteiger partial charge in [-0.3, -0.25) is 0 Å². The van der Waals surface area contributed by atoms with Crippen molar-refractivity contribution < 1.29 is 4.42 Å². The molecule has 2 nitrogen and oxygen atoms in total. The molecule has 0 saturated heterocycles. The Morgan fingerprint density at radius 2 is 1.80 bits per heavy atom. The van der Waals surface area contributed by atoms with Crippen LogP contribution in [0.15, 0.2) is 52.9 Å². The molecule has 3 aromatic rings. The molecule has 0 fully saturated rings. The quantitative estimate of drug-likeness (QED) is 0.707. The first-order valence-corrected chi connectivity index (χ1v) is 7.15. The van der Waals surface area contributed by atoms with Crippen LogP contribution in [0.3, 0.4) is 0 Å². The molecule has 102 valence electrons. The summed E-state index contributed by atoms with van der Waals surface area (Å²) in [5.41, 5.74) is 4.29. The van der Waals surface area contributed by atoms with E-state index in [0.717, 1.165) is 28.6 Å². The molecule has 0 radical (unpaired) electrons. The highest BCUT2D eigenvalue weighted by Crippen LogP contribution is 2.30. The molecule has 0 aliphatic heterocycles. The smallest absolute Gasteiger partial charge is 0.199 e. The van der Waals surface area contributed by atoms with Gasteiger partial charge in [0.15, 0.2) is 5.22 Å². The highest BCUT2D eigenvalue weighted by atomic mass is 35.5. The Hall–Kier alpha value is -1.93. The molecule has 2 aromatic carbocycles. The minimum Gasteiger partial charge on any atom is -0.444 e. The summed E-state index contributed by atoms with van der Waals surface area (Å²) in [6.07, 6.45) is 1.00. The molecule has 1 N–H and O–H groups in total. The number of hydrogen-bond donors (Lipinski definition) is 1. The molecule has 0 aliphatic carbocycles. The second kappa shape index (κ2) is 5.59. The average molecular weight is 286 g/mol. The minimum atomic E-state index is 0.465. The summed E-state index contributed by atoms with van der Waals surface area (Å²) in [5.74, 6) is 0. The van der Waals surface area contributed by atoms with Crippen molar-refractivity contribution in [1.82, 2.24) is 0 Å². The lowest BCUT2D eigenvalue weighted by molar-refractivity contribution is 0.613. The third kappa shape index (κ3) is 2.39.